The van der Waals surface area contributed by atoms with E-state index in [0.29, 0.717) is 0 Å². The molecule has 6 rings (SSSR count). The van der Waals surface area contributed by atoms with E-state index in [1.165, 1.54) is 57.2 Å². The number of benzene rings is 4. The summed E-state index contributed by atoms with van der Waals surface area (Å²) in [5.74, 6) is -2.07. The van der Waals surface area contributed by atoms with Crippen molar-refractivity contribution < 1.29 is 48.5 Å². The number of nitrogens with two attached hydrogens (primary N) is 1. The van der Waals surface area contributed by atoms with Crippen molar-refractivity contribution in [1.29, 1.82) is 0 Å². The Hall–Kier alpha value is -2.55. The van der Waals surface area contributed by atoms with Gasteiger partial charge in [0.15, 0.2) is 11.6 Å². The predicted octanol–water partition coefficient (Wildman–Crippen LogP) is 3.64. The van der Waals surface area contributed by atoms with Gasteiger partial charge in [0.1, 0.15) is 9.79 Å². The number of aromatic nitrogens is 3. The van der Waals surface area contributed by atoms with Crippen molar-refractivity contribution in [3.8, 4) is 0 Å². The second-order valence-electron chi connectivity index (χ2n) is 11.8. The number of carbonyl (C=O) groups excluding carboxylic acids is 2. The Morgan fingerprint density at radius 1 is 0.632 bits per heavy atom. The number of nitrogens with one attached hydrogen (secondary N) is 3. The molecule has 1 aliphatic rings. The molecule has 0 amide bonds. The molecule has 0 bridgehead atoms. The molecule has 0 saturated heterocycles. The van der Waals surface area contributed by atoms with E-state index < -0.39 is 67.9 Å². The number of hydrogen-bond acceptors (Lipinski definition) is 15. The van der Waals surface area contributed by atoms with Crippen LogP contribution >= 0.6 is 11.6 Å². The monoisotopic (exact) mass is 884 g/mol. The van der Waals surface area contributed by atoms with Crippen LogP contribution in [0, 0.1) is 20.8 Å². The molecule has 0 unspecified atom stereocenters. The summed E-state index contributed by atoms with van der Waals surface area (Å²) in [6.07, 6.45) is 0. The fourth-order valence-electron chi connectivity index (χ4n) is 6.14. The fraction of sp³-hybridized carbons (Fsp3) is 0.0938. The Kier molecular flexibility index (Phi) is 15.4. The van der Waals surface area contributed by atoms with E-state index in [2.05, 4.69) is 30.9 Å². The third kappa shape index (κ3) is 9.75. The normalized spacial score (nSPS) is 12.3. The summed E-state index contributed by atoms with van der Waals surface area (Å²) in [7, 11) is -14.7. The summed E-state index contributed by atoms with van der Waals surface area (Å²) in [6, 6.07) is 11.5. The van der Waals surface area contributed by atoms with Gasteiger partial charge < -0.3 is 21.7 Å². The number of hydrogen-bond donors (Lipinski definition) is 7. The van der Waals surface area contributed by atoms with Gasteiger partial charge in [0.05, 0.1) is 33.1 Å². The summed E-state index contributed by atoms with van der Waals surface area (Å²) >= 11 is 6.16. The molecule has 0 atom stereocenters. The first kappa shape index (κ1) is 48.8. The molecule has 5 aromatic rings. The van der Waals surface area contributed by atoms with Gasteiger partial charge >= 0.3 is 0 Å². The SMILES string of the molecule is Cc1c(Nc2nc(Cl)nc(Nc3cccc(S(=O)(=O)O)c3)n2)c(C)c(S(=O)(=O)O)c(C)c1Nc1cc(S(=O)(=O)O)c(N)c2c1C(=O)c1ccccc1C2=O.[Na].[Na].[Na]. The van der Waals surface area contributed by atoms with Gasteiger partial charge in [0, 0.05) is 111 Å². The molecule has 1 heterocycles. The summed E-state index contributed by atoms with van der Waals surface area (Å²) in [5, 5.41) is 8.01. The standard InChI is InChI=1S/C32H26ClN7O11S3.3Na/c1-13-25(36-20-12-21(53(46,47)48)24(34)23-22(20)27(41)18-9-4-5-10-19(18)28(23)42)14(2)29(54(49,50)51)15(3)26(13)37-32-39-30(33)38-31(40-32)35-16-7-6-8-17(11-16)52(43,44)45;;;/h4-12,36H,34H2,1-3H3,(H,43,44,45)(H,46,47,48)(H,49,50,51)(H2,35,37,38,39,40);;;. The average Bonchev–Trinajstić information content (AvgIpc) is 3.06. The molecule has 0 spiro atoms. The van der Waals surface area contributed by atoms with Gasteiger partial charge in [-0.3, -0.25) is 23.2 Å². The summed E-state index contributed by atoms with van der Waals surface area (Å²) in [4.78, 5) is 37.8. The van der Waals surface area contributed by atoms with Crippen LogP contribution in [0.25, 0.3) is 0 Å². The summed E-state index contributed by atoms with van der Waals surface area (Å²) < 4.78 is 104. The minimum absolute atomic E-state index is 0. The van der Waals surface area contributed by atoms with Gasteiger partial charge in [-0.1, -0.05) is 30.3 Å². The van der Waals surface area contributed by atoms with Crippen molar-refractivity contribution in [3.05, 3.63) is 98.8 Å². The van der Waals surface area contributed by atoms with E-state index in [4.69, 9.17) is 17.3 Å². The van der Waals surface area contributed by atoms with Gasteiger partial charge in [0.2, 0.25) is 17.2 Å². The van der Waals surface area contributed by atoms with Crippen molar-refractivity contribution in [1.82, 2.24) is 15.0 Å². The minimum atomic E-state index is -5.11. The van der Waals surface area contributed by atoms with Crippen LogP contribution in [0.1, 0.15) is 48.5 Å². The second kappa shape index (κ2) is 18.0. The predicted molar refractivity (Wildman–Crippen MR) is 213 cm³/mol. The zero-order valence-electron chi connectivity index (χ0n) is 30.8. The molecule has 18 nitrogen and oxygen atoms in total. The Balaban J connectivity index is 0.00000290. The number of nitrogen functional groups attached to an aromatic ring is 1. The van der Waals surface area contributed by atoms with Crippen molar-refractivity contribution in [3.63, 3.8) is 0 Å². The quantitative estimate of drug-likeness (QED) is 0.0619. The molecule has 0 saturated carbocycles. The topological polar surface area (TPSA) is 298 Å². The van der Waals surface area contributed by atoms with Crippen LogP contribution in [-0.2, 0) is 30.4 Å². The Morgan fingerprint density at radius 3 is 1.68 bits per heavy atom. The van der Waals surface area contributed by atoms with Crippen molar-refractivity contribution in [2.45, 2.75) is 35.5 Å². The van der Waals surface area contributed by atoms with Gasteiger partial charge in [-0.05, 0) is 73.3 Å². The van der Waals surface area contributed by atoms with Crippen LogP contribution in [0.3, 0.4) is 0 Å². The summed E-state index contributed by atoms with van der Waals surface area (Å²) in [5.41, 5.74) is 4.05. The van der Waals surface area contributed by atoms with Gasteiger partial charge in [-0.15, -0.1) is 0 Å². The van der Waals surface area contributed by atoms with Crippen LogP contribution in [0.2, 0.25) is 5.28 Å². The third-order valence-electron chi connectivity index (χ3n) is 8.41. The molecule has 57 heavy (non-hydrogen) atoms. The van der Waals surface area contributed by atoms with Crippen molar-refractivity contribution in [2.75, 3.05) is 21.7 Å². The minimum Gasteiger partial charge on any atom is -0.397 e. The van der Waals surface area contributed by atoms with E-state index in [1.54, 1.807) is 0 Å². The Bertz CT molecular complexity index is 2850. The Morgan fingerprint density at radius 2 is 1.16 bits per heavy atom. The molecule has 4 aromatic carbocycles. The summed E-state index contributed by atoms with van der Waals surface area (Å²) in [6.45, 7) is 4.14. The van der Waals surface area contributed by atoms with Crippen LogP contribution < -0.4 is 21.7 Å². The number of anilines is 7. The number of nitrogens with zero attached hydrogens (tertiary/aromatic N) is 3. The zero-order chi connectivity index (χ0) is 39.7. The first-order valence-corrected chi connectivity index (χ1v) is 19.8. The molecule has 0 fully saturated rings. The molecule has 1 aliphatic carbocycles. The largest absolute Gasteiger partial charge is 0.397 e. The van der Waals surface area contributed by atoms with Crippen LogP contribution in [0.5, 0.6) is 0 Å². The molecule has 25 heteroatoms. The first-order chi connectivity index (χ1) is 25.1. The van der Waals surface area contributed by atoms with Gasteiger partial charge in [0.25, 0.3) is 30.4 Å². The average molecular weight is 885 g/mol. The van der Waals surface area contributed by atoms with Crippen LogP contribution in [0.15, 0.2) is 69.3 Å². The molecule has 283 valence electrons. The van der Waals surface area contributed by atoms with Gasteiger partial charge in [-0.2, -0.15) is 40.2 Å². The van der Waals surface area contributed by atoms with Crippen molar-refractivity contribution >= 4 is 183 Å². The van der Waals surface area contributed by atoms with E-state index >= 15 is 0 Å². The zero-order valence-corrected chi connectivity index (χ0v) is 40.0. The number of ketones is 2. The smallest absolute Gasteiger partial charge is 0.296 e. The molecular formula is C32H26ClN7Na3O11S3. The fourth-order valence-corrected chi connectivity index (χ4v) is 8.45. The van der Waals surface area contributed by atoms with Crippen LogP contribution in [0.4, 0.5) is 40.3 Å². The molecule has 3 radical (unpaired) electrons. The third-order valence-corrected chi connectivity index (χ3v) is 11.5. The molecular weight excluding hydrogens is 859 g/mol. The van der Waals surface area contributed by atoms with E-state index in [-0.39, 0.29) is 162 Å². The van der Waals surface area contributed by atoms with Crippen molar-refractivity contribution in [2.24, 2.45) is 0 Å². The maximum atomic E-state index is 13.9. The molecule has 0 aliphatic heterocycles. The first-order valence-electron chi connectivity index (χ1n) is 15.1. The van der Waals surface area contributed by atoms with E-state index in [1.807, 2.05) is 0 Å². The second-order valence-corrected chi connectivity index (χ2v) is 16.3. The molecule has 1 aromatic heterocycles. The maximum Gasteiger partial charge on any atom is 0.296 e. The molecule has 8 N–H and O–H groups in total. The van der Waals surface area contributed by atoms with E-state index in [0.717, 1.165) is 18.2 Å². The van der Waals surface area contributed by atoms with Crippen LogP contribution in [-0.4, -0.2) is 154 Å². The Labute approximate surface area is 397 Å². The number of halogens is 1. The number of fused-ring (bicyclic) bond motifs is 2. The number of carbonyl (C=O) groups is 2. The maximum absolute atomic E-state index is 13.9. The van der Waals surface area contributed by atoms with Gasteiger partial charge in [-0.25, -0.2) is 0 Å². The van der Waals surface area contributed by atoms with E-state index in [9.17, 15) is 48.5 Å². The number of rotatable bonds is 9.